The van der Waals surface area contributed by atoms with Crippen molar-refractivity contribution in [1.29, 1.82) is 0 Å². The second kappa shape index (κ2) is 12.4. The molecule has 0 spiro atoms. The van der Waals surface area contributed by atoms with Crippen LogP contribution in [0.15, 0.2) is 0 Å². The van der Waals surface area contributed by atoms with Crippen LogP contribution in [0.2, 0.25) is 0 Å². The maximum Gasteiger partial charge on any atom is 0.0700 e. The minimum Gasteiger partial charge on any atom is -0.382 e. The molecule has 1 N–H and O–H groups in total. The summed E-state index contributed by atoms with van der Waals surface area (Å²) in [5.74, 6) is 1.82. The van der Waals surface area contributed by atoms with Crippen LogP contribution in [0.1, 0.15) is 65.2 Å². The SMILES string of the molecule is CCCNC1CCC(CCC)CC1CCCOCCOC. The van der Waals surface area contributed by atoms with Gasteiger partial charge in [0.05, 0.1) is 13.2 Å². The molecule has 3 nitrogen and oxygen atoms in total. The highest BCUT2D eigenvalue weighted by Gasteiger charge is 2.29. The molecule has 0 aromatic carbocycles. The molecule has 0 aliphatic heterocycles. The summed E-state index contributed by atoms with van der Waals surface area (Å²) in [5.41, 5.74) is 0. The number of ether oxygens (including phenoxy) is 2. The highest BCUT2D eigenvalue weighted by molar-refractivity contribution is 4.84. The second-order valence-corrected chi connectivity index (χ2v) is 6.54. The van der Waals surface area contributed by atoms with Crippen molar-refractivity contribution in [3.8, 4) is 0 Å². The zero-order valence-corrected chi connectivity index (χ0v) is 14.5. The molecule has 3 heteroatoms. The number of hydrogen-bond donors (Lipinski definition) is 1. The summed E-state index contributed by atoms with van der Waals surface area (Å²) in [7, 11) is 1.73. The van der Waals surface area contributed by atoms with Crippen LogP contribution in [0.25, 0.3) is 0 Å². The molecule has 1 rings (SSSR count). The third kappa shape index (κ3) is 8.18. The van der Waals surface area contributed by atoms with Crippen molar-refractivity contribution in [3.63, 3.8) is 0 Å². The van der Waals surface area contributed by atoms with E-state index in [2.05, 4.69) is 19.2 Å². The van der Waals surface area contributed by atoms with Gasteiger partial charge in [-0.2, -0.15) is 0 Å². The number of hydrogen-bond acceptors (Lipinski definition) is 3. The Balaban J connectivity index is 2.27. The lowest BCUT2D eigenvalue weighted by atomic mass is 9.74. The van der Waals surface area contributed by atoms with E-state index < -0.39 is 0 Å². The van der Waals surface area contributed by atoms with Crippen LogP contribution in [0.5, 0.6) is 0 Å². The number of nitrogens with one attached hydrogen (secondary N) is 1. The van der Waals surface area contributed by atoms with E-state index in [1.165, 1.54) is 57.9 Å². The lowest BCUT2D eigenvalue weighted by Crippen LogP contribution is -2.41. The van der Waals surface area contributed by atoms with Gasteiger partial charge in [-0.05, 0) is 56.9 Å². The van der Waals surface area contributed by atoms with Gasteiger partial charge >= 0.3 is 0 Å². The first-order chi connectivity index (χ1) is 10.3. The monoisotopic (exact) mass is 299 g/mol. The molecule has 1 aliphatic rings. The summed E-state index contributed by atoms with van der Waals surface area (Å²) in [6, 6.07) is 0.747. The van der Waals surface area contributed by atoms with Crippen LogP contribution < -0.4 is 5.32 Å². The molecule has 0 bridgehead atoms. The Labute approximate surface area is 132 Å². The quantitative estimate of drug-likeness (QED) is 0.552. The lowest BCUT2D eigenvalue weighted by molar-refractivity contribution is 0.0642. The van der Waals surface area contributed by atoms with Gasteiger partial charge < -0.3 is 14.8 Å². The molecular weight excluding hydrogens is 262 g/mol. The predicted molar refractivity (Wildman–Crippen MR) is 89.7 cm³/mol. The van der Waals surface area contributed by atoms with Crippen LogP contribution in [0.3, 0.4) is 0 Å². The minimum atomic E-state index is 0.711. The van der Waals surface area contributed by atoms with E-state index in [1.54, 1.807) is 7.11 Å². The standard InChI is InChI=1S/C18H37NO2/c1-4-7-16-9-10-18(19-11-5-2)17(15-16)8-6-12-21-14-13-20-3/h16-19H,4-15H2,1-3H3. The Kier molecular flexibility index (Phi) is 11.2. The number of rotatable bonds is 12. The van der Waals surface area contributed by atoms with Crippen molar-refractivity contribution in [1.82, 2.24) is 5.32 Å². The Bertz CT molecular complexity index is 235. The smallest absolute Gasteiger partial charge is 0.0700 e. The molecule has 1 aliphatic carbocycles. The summed E-state index contributed by atoms with van der Waals surface area (Å²) in [6.45, 7) is 8.08. The number of methoxy groups -OCH3 is 1. The molecule has 0 aromatic heterocycles. The van der Waals surface area contributed by atoms with Crippen molar-refractivity contribution >= 4 is 0 Å². The summed E-state index contributed by atoms with van der Waals surface area (Å²) in [6.07, 6.45) is 10.7. The van der Waals surface area contributed by atoms with Crippen molar-refractivity contribution in [2.45, 2.75) is 71.3 Å². The average Bonchev–Trinajstić information content (AvgIpc) is 2.50. The van der Waals surface area contributed by atoms with E-state index in [4.69, 9.17) is 9.47 Å². The van der Waals surface area contributed by atoms with Crippen molar-refractivity contribution < 1.29 is 9.47 Å². The summed E-state index contributed by atoms with van der Waals surface area (Å²) < 4.78 is 10.6. The molecule has 1 fully saturated rings. The van der Waals surface area contributed by atoms with Gasteiger partial charge in [0.15, 0.2) is 0 Å². The molecule has 0 heterocycles. The van der Waals surface area contributed by atoms with E-state index in [-0.39, 0.29) is 0 Å². The third-order valence-electron chi connectivity index (χ3n) is 4.74. The molecule has 0 amide bonds. The van der Waals surface area contributed by atoms with Gasteiger partial charge in [0, 0.05) is 19.8 Å². The van der Waals surface area contributed by atoms with Gasteiger partial charge in [-0.15, -0.1) is 0 Å². The maximum atomic E-state index is 5.61. The average molecular weight is 299 g/mol. The summed E-state index contributed by atoms with van der Waals surface area (Å²) in [4.78, 5) is 0. The normalized spacial score (nSPS) is 26.1. The lowest BCUT2D eigenvalue weighted by Gasteiger charge is -2.37. The van der Waals surface area contributed by atoms with Crippen molar-refractivity contribution in [3.05, 3.63) is 0 Å². The molecule has 0 aromatic rings. The second-order valence-electron chi connectivity index (χ2n) is 6.54. The zero-order valence-electron chi connectivity index (χ0n) is 14.5. The highest BCUT2D eigenvalue weighted by Crippen LogP contribution is 2.34. The van der Waals surface area contributed by atoms with Gasteiger partial charge in [0.25, 0.3) is 0 Å². The molecule has 3 unspecified atom stereocenters. The fraction of sp³-hybridized carbons (Fsp3) is 1.00. The first-order valence-corrected chi connectivity index (χ1v) is 9.11. The van der Waals surface area contributed by atoms with Gasteiger partial charge in [-0.3, -0.25) is 0 Å². The van der Waals surface area contributed by atoms with Crippen LogP contribution in [-0.2, 0) is 9.47 Å². The van der Waals surface area contributed by atoms with Gasteiger partial charge in [-0.1, -0.05) is 26.7 Å². The van der Waals surface area contributed by atoms with Gasteiger partial charge in [0.2, 0.25) is 0 Å². The predicted octanol–water partition coefficient (Wildman–Crippen LogP) is 4.01. The summed E-state index contributed by atoms with van der Waals surface area (Å²) in [5, 5.41) is 3.78. The zero-order chi connectivity index (χ0) is 15.3. The van der Waals surface area contributed by atoms with E-state index in [0.29, 0.717) is 6.61 Å². The molecule has 0 saturated heterocycles. The van der Waals surface area contributed by atoms with E-state index in [1.807, 2.05) is 0 Å². The van der Waals surface area contributed by atoms with Gasteiger partial charge in [-0.25, -0.2) is 0 Å². The first kappa shape index (κ1) is 18.9. The highest BCUT2D eigenvalue weighted by atomic mass is 16.5. The van der Waals surface area contributed by atoms with Crippen LogP contribution in [0.4, 0.5) is 0 Å². The van der Waals surface area contributed by atoms with E-state index in [9.17, 15) is 0 Å². The fourth-order valence-electron chi connectivity index (χ4n) is 3.64. The topological polar surface area (TPSA) is 30.5 Å². The Morgan fingerprint density at radius 1 is 1.00 bits per heavy atom. The Hall–Kier alpha value is -0.120. The molecule has 1 saturated carbocycles. The minimum absolute atomic E-state index is 0.711. The molecule has 126 valence electrons. The molecule has 0 radical (unpaired) electrons. The van der Waals surface area contributed by atoms with Crippen LogP contribution in [0, 0.1) is 11.8 Å². The largest absolute Gasteiger partial charge is 0.382 e. The molecule has 3 atom stereocenters. The summed E-state index contributed by atoms with van der Waals surface area (Å²) >= 11 is 0. The van der Waals surface area contributed by atoms with Crippen LogP contribution >= 0.6 is 0 Å². The molecular formula is C18H37NO2. The maximum absolute atomic E-state index is 5.61. The third-order valence-corrected chi connectivity index (χ3v) is 4.74. The Morgan fingerprint density at radius 2 is 1.86 bits per heavy atom. The Morgan fingerprint density at radius 3 is 2.57 bits per heavy atom. The van der Waals surface area contributed by atoms with Crippen molar-refractivity contribution in [2.75, 3.05) is 33.5 Å². The first-order valence-electron chi connectivity index (χ1n) is 9.11. The fourth-order valence-corrected chi connectivity index (χ4v) is 3.64. The van der Waals surface area contributed by atoms with Crippen LogP contribution in [-0.4, -0.2) is 39.5 Å². The van der Waals surface area contributed by atoms with Gasteiger partial charge in [0.1, 0.15) is 0 Å². The van der Waals surface area contributed by atoms with E-state index >= 15 is 0 Å². The van der Waals surface area contributed by atoms with E-state index in [0.717, 1.165) is 31.1 Å². The van der Waals surface area contributed by atoms with Crippen molar-refractivity contribution in [2.24, 2.45) is 11.8 Å². The molecule has 21 heavy (non-hydrogen) atoms.